The molecule has 14 nitrogen and oxygen atoms in total. The van der Waals surface area contributed by atoms with E-state index in [1.165, 1.54) is 34.8 Å². The molecule has 2 aliphatic heterocycles. The van der Waals surface area contributed by atoms with Crippen LogP contribution in [-0.4, -0.2) is 78.0 Å². The fraction of sp³-hybridized carbons (Fsp3) is 0.238. The highest BCUT2D eigenvalue weighted by atomic mass is 35.5. The zero-order valence-corrected chi connectivity index (χ0v) is 34.6. The number of nitrogens with one attached hydrogen (secondary N) is 1. The number of nitrogen functional groups attached to an aromatic ring is 1. The van der Waals surface area contributed by atoms with E-state index in [-0.39, 0.29) is 16.8 Å². The molecular weight excluding hydrogens is 820 g/mol. The van der Waals surface area contributed by atoms with Crippen molar-refractivity contribution >= 4 is 89.1 Å². The Morgan fingerprint density at radius 1 is 0.729 bits per heavy atom. The number of carbonyl (C=O) groups is 2. The van der Waals surface area contributed by atoms with Gasteiger partial charge in [-0.2, -0.15) is 0 Å². The second-order valence-electron chi connectivity index (χ2n) is 12.9. The number of nitrogens with zero attached hydrogens (tertiary/aromatic N) is 2. The number of methoxy groups -OCH3 is 2. The van der Waals surface area contributed by atoms with Gasteiger partial charge in [0.25, 0.3) is 0 Å². The number of hydrogen-bond acceptors (Lipinski definition) is 15. The number of hydrogen-bond donors (Lipinski definition) is 2. The van der Waals surface area contributed by atoms with Crippen molar-refractivity contribution in [1.29, 1.82) is 0 Å². The van der Waals surface area contributed by atoms with Crippen molar-refractivity contribution in [1.82, 2.24) is 0 Å². The van der Waals surface area contributed by atoms with Crippen LogP contribution in [-0.2, 0) is 19.1 Å². The molecule has 4 aromatic heterocycles. The Labute approximate surface area is 351 Å². The monoisotopic (exact) mass is 860 g/mol. The largest absolute Gasteiger partial charge is 0.497 e. The summed E-state index contributed by atoms with van der Waals surface area (Å²) in [5, 5.41) is 6.04. The fourth-order valence-corrected chi connectivity index (χ4v) is 8.00. The van der Waals surface area contributed by atoms with Crippen LogP contribution in [0.4, 0.5) is 23.1 Å². The fourth-order valence-electron chi connectivity index (χ4n) is 6.17. The van der Waals surface area contributed by atoms with Gasteiger partial charge in [0, 0.05) is 83.7 Å². The summed E-state index contributed by atoms with van der Waals surface area (Å²) in [6.07, 6.45) is 2.24. The lowest BCUT2D eigenvalue weighted by molar-refractivity contribution is -0.112. The molecule has 0 spiro atoms. The van der Waals surface area contributed by atoms with Crippen molar-refractivity contribution in [2.24, 2.45) is 0 Å². The van der Waals surface area contributed by atoms with Gasteiger partial charge in [-0.25, -0.2) is 0 Å². The average molecular weight is 861 g/mol. The second-order valence-corrected chi connectivity index (χ2v) is 15.0. The predicted molar refractivity (Wildman–Crippen MR) is 235 cm³/mol. The van der Waals surface area contributed by atoms with Crippen molar-refractivity contribution < 1.29 is 37.4 Å². The van der Waals surface area contributed by atoms with Gasteiger partial charge in [0.15, 0.2) is 22.9 Å². The van der Waals surface area contributed by atoms with Crippen molar-refractivity contribution in [3.63, 3.8) is 0 Å². The molecular formula is C42H41ClN4O10S2. The molecule has 0 aliphatic carbocycles. The van der Waals surface area contributed by atoms with E-state index in [0.717, 1.165) is 28.3 Å². The highest BCUT2D eigenvalue weighted by Gasteiger charge is 2.21. The number of anilines is 4. The molecule has 0 saturated carbocycles. The zero-order valence-electron chi connectivity index (χ0n) is 32.2. The first-order valence-electron chi connectivity index (χ1n) is 18.2. The van der Waals surface area contributed by atoms with Crippen LogP contribution in [0.1, 0.15) is 0 Å². The smallest absolute Gasteiger partial charge is 0.247 e. The molecule has 0 radical (unpaired) electrons. The maximum absolute atomic E-state index is 12.7. The Morgan fingerprint density at radius 2 is 1.19 bits per heavy atom. The summed E-state index contributed by atoms with van der Waals surface area (Å²) in [5.74, 6) is 2.04. The van der Waals surface area contributed by atoms with E-state index in [1.54, 1.807) is 32.4 Å². The molecule has 0 unspecified atom stereocenters. The number of carbonyl (C=O) groups excluding carboxylic acids is 2. The van der Waals surface area contributed by atoms with Gasteiger partial charge >= 0.3 is 0 Å². The number of rotatable bonds is 9. The van der Waals surface area contributed by atoms with Gasteiger partial charge in [0.2, 0.25) is 22.0 Å². The van der Waals surface area contributed by atoms with Crippen molar-refractivity contribution in [3.05, 3.63) is 105 Å². The Morgan fingerprint density at radius 3 is 1.63 bits per heavy atom. The Kier molecular flexibility index (Phi) is 14.2. The number of benzene rings is 2. The molecule has 2 saturated heterocycles. The van der Waals surface area contributed by atoms with E-state index in [0.29, 0.717) is 108 Å². The molecule has 0 bridgehead atoms. The Balaban J connectivity index is 0.000000180. The third-order valence-electron chi connectivity index (χ3n) is 9.05. The number of thiophene rings is 2. The number of amides is 1. The number of ether oxygens (including phenoxy) is 4. The molecule has 0 atom stereocenters. The SMILES string of the molecule is C=CC(=O)Cl.C=CC(=O)Nc1cc(OC)cc(-c2csc3c(=O)cc(N4CCOCC4)oc23)c1.COc1cc(N)cc(-c2csc3c(=O)cc(N4CCOCC4)oc23)c1. The molecule has 8 rings (SSSR count). The van der Waals surface area contributed by atoms with Gasteiger partial charge in [-0.05, 0) is 59.1 Å². The van der Waals surface area contributed by atoms with Crippen LogP contribution in [0.5, 0.6) is 11.5 Å². The first-order valence-corrected chi connectivity index (χ1v) is 20.3. The maximum atomic E-state index is 12.7. The van der Waals surface area contributed by atoms with Crippen LogP contribution < -0.4 is 41.2 Å². The molecule has 17 heteroatoms. The topological polar surface area (TPSA) is 176 Å². The first-order chi connectivity index (χ1) is 28.5. The zero-order chi connectivity index (χ0) is 42.1. The van der Waals surface area contributed by atoms with Gasteiger partial charge in [-0.15, -0.1) is 22.7 Å². The maximum Gasteiger partial charge on any atom is 0.247 e. The molecule has 1 amide bonds. The Hall–Kier alpha value is -5.91. The number of nitrogens with two attached hydrogens (primary N) is 1. The van der Waals surface area contributed by atoms with Crippen molar-refractivity contribution in [3.8, 4) is 33.8 Å². The van der Waals surface area contributed by atoms with Gasteiger partial charge in [-0.1, -0.05) is 13.2 Å². The highest BCUT2D eigenvalue weighted by molar-refractivity contribution is 7.18. The lowest BCUT2D eigenvalue weighted by Gasteiger charge is -2.27. The second kappa shape index (κ2) is 19.7. The number of halogens is 1. The molecule has 2 fully saturated rings. The standard InChI is InChI=1S/C21H20N2O5S.C18H18N2O4S.C3H3ClO/c1-3-18(25)22-14-8-13(9-15(10-14)26-2)16-12-29-21-17(24)11-19(28-20(16)21)23-4-6-27-7-5-23;1-22-13-7-11(6-12(19)8-13)14-10-25-18-15(21)9-16(24-17(14)18)20-2-4-23-5-3-20;1-2-3(4)5/h3,8-12H,1,4-7H2,2H3,(H,22,25);6-10H,2-5,19H2,1H3;2H,1H2. The number of allylic oxidation sites excluding steroid dienone is 1. The quantitative estimate of drug-likeness (QED) is 0.0838. The predicted octanol–water partition coefficient (Wildman–Crippen LogP) is 7.38. The summed E-state index contributed by atoms with van der Waals surface area (Å²) in [5.41, 5.74) is 11.4. The minimum Gasteiger partial charge on any atom is -0.497 e. The summed E-state index contributed by atoms with van der Waals surface area (Å²) in [6, 6.07) is 14.0. The number of morpholine rings is 2. The van der Waals surface area contributed by atoms with E-state index in [4.69, 9.17) is 45.1 Å². The van der Waals surface area contributed by atoms with Crippen LogP contribution in [0.25, 0.3) is 42.8 Å². The van der Waals surface area contributed by atoms with Crippen LogP contribution in [0.15, 0.2) is 103 Å². The average Bonchev–Trinajstić information content (AvgIpc) is 3.90. The summed E-state index contributed by atoms with van der Waals surface area (Å²) < 4.78 is 34.9. The lowest BCUT2D eigenvalue weighted by Crippen LogP contribution is -2.36. The molecule has 59 heavy (non-hydrogen) atoms. The molecule has 308 valence electrons. The third kappa shape index (κ3) is 10.4. The molecule has 2 aromatic carbocycles. The minimum absolute atomic E-state index is 0.0325. The normalized spacial score (nSPS) is 13.7. The van der Waals surface area contributed by atoms with E-state index < -0.39 is 5.24 Å². The van der Waals surface area contributed by atoms with Crippen molar-refractivity contribution in [2.75, 3.05) is 87.7 Å². The van der Waals surface area contributed by atoms with E-state index >= 15 is 0 Å². The molecule has 6 aromatic rings. The van der Waals surface area contributed by atoms with E-state index in [2.05, 4.69) is 18.5 Å². The van der Waals surface area contributed by atoms with Gasteiger partial charge < -0.3 is 48.6 Å². The van der Waals surface area contributed by atoms with Crippen LogP contribution in [0, 0.1) is 0 Å². The Bertz CT molecular complexity index is 2600. The van der Waals surface area contributed by atoms with Gasteiger partial charge in [-0.3, -0.25) is 19.2 Å². The summed E-state index contributed by atoms with van der Waals surface area (Å²) in [4.78, 5) is 50.4. The minimum atomic E-state index is -0.509. The van der Waals surface area contributed by atoms with Crippen molar-refractivity contribution in [2.45, 2.75) is 0 Å². The van der Waals surface area contributed by atoms with Crippen LogP contribution in [0.2, 0.25) is 0 Å². The van der Waals surface area contributed by atoms with E-state index in [1.807, 2.05) is 44.8 Å². The first kappa shape index (κ1) is 42.7. The highest BCUT2D eigenvalue weighted by Crippen LogP contribution is 2.39. The summed E-state index contributed by atoms with van der Waals surface area (Å²) in [6.45, 7) is 11.8. The lowest BCUT2D eigenvalue weighted by atomic mass is 10.1. The van der Waals surface area contributed by atoms with Gasteiger partial charge in [0.05, 0.1) is 40.6 Å². The van der Waals surface area contributed by atoms with Crippen LogP contribution >= 0.6 is 34.3 Å². The molecule has 2 aliphatic rings. The molecule has 6 heterocycles. The molecule has 3 N–H and O–H groups in total. The number of fused-ring (bicyclic) bond motifs is 2. The summed E-state index contributed by atoms with van der Waals surface area (Å²) >= 11 is 7.42. The summed E-state index contributed by atoms with van der Waals surface area (Å²) in [7, 11) is 3.15. The van der Waals surface area contributed by atoms with E-state index in [9.17, 15) is 19.2 Å². The van der Waals surface area contributed by atoms with Crippen LogP contribution in [0.3, 0.4) is 0 Å². The third-order valence-corrected chi connectivity index (χ3v) is 11.2. The van der Waals surface area contributed by atoms with Gasteiger partial charge in [0.1, 0.15) is 20.9 Å².